The number of imidazole rings is 1. The van der Waals surface area contributed by atoms with Gasteiger partial charge in [0, 0.05) is 24.1 Å². The maximum absolute atomic E-state index is 13.6. The Bertz CT molecular complexity index is 1750. The molecule has 40 heavy (non-hydrogen) atoms. The van der Waals surface area contributed by atoms with Crippen LogP contribution in [0.15, 0.2) is 36.7 Å². The van der Waals surface area contributed by atoms with Gasteiger partial charge in [0.05, 0.1) is 11.0 Å². The average molecular weight is 612 g/mol. The Hall–Kier alpha value is -3.34. The van der Waals surface area contributed by atoms with Crippen molar-refractivity contribution < 1.29 is 52.2 Å². The SMILES string of the molecule is Cc1c(OS(=O)(=O)C(F)(F)F)ccc2c1[C@H]1CCCN(C(=O)c3ccc4ncn(S(=O)(=O)C(F)(F)F)c4c3)[C@H]1C2. The fraction of sp³-hybridized carbons (Fsp3) is 0.391. The van der Waals surface area contributed by atoms with Gasteiger partial charge in [-0.25, -0.2) is 8.96 Å². The average Bonchev–Trinajstić information content (AvgIpc) is 3.45. The molecule has 1 amide bonds. The Morgan fingerprint density at radius 3 is 2.38 bits per heavy atom. The van der Waals surface area contributed by atoms with Crippen LogP contribution >= 0.6 is 0 Å². The van der Waals surface area contributed by atoms with E-state index < -0.39 is 54.4 Å². The van der Waals surface area contributed by atoms with Crippen molar-refractivity contribution in [2.45, 2.75) is 49.2 Å². The zero-order valence-electron chi connectivity index (χ0n) is 20.3. The van der Waals surface area contributed by atoms with Gasteiger partial charge in [0.15, 0.2) is 0 Å². The minimum absolute atomic E-state index is 0.0383. The third-order valence-corrected chi connectivity index (χ3v) is 9.55. The highest BCUT2D eigenvalue weighted by molar-refractivity contribution is 7.91. The minimum atomic E-state index is -5.90. The summed E-state index contributed by atoms with van der Waals surface area (Å²) in [4.78, 5) is 18.7. The second-order valence-electron chi connectivity index (χ2n) is 9.46. The van der Waals surface area contributed by atoms with Crippen molar-refractivity contribution >= 4 is 37.1 Å². The van der Waals surface area contributed by atoms with E-state index in [1.165, 1.54) is 30.0 Å². The number of halogens is 6. The molecule has 0 saturated carbocycles. The lowest BCUT2D eigenvalue weighted by Crippen LogP contribution is -2.46. The molecule has 5 rings (SSSR count). The number of alkyl halides is 6. The summed E-state index contributed by atoms with van der Waals surface area (Å²) in [5.74, 6) is -1.44. The van der Waals surface area contributed by atoms with Crippen molar-refractivity contribution in [3.05, 3.63) is 58.9 Å². The third kappa shape index (κ3) is 4.38. The summed E-state index contributed by atoms with van der Waals surface area (Å²) in [6.45, 7) is 1.69. The van der Waals surface area contributed by atoms with Crippen LogP contribution in [0, 0.1) is 6.92 Å². The summed E-state index contributed by atoms with van der Waals surface area (Å²) >= 11 is 0. The number of benzene rings is 2. The second-order valence-corrected chi connectivity index (χ2v) is 12.8. The van der Waals surface area contributed by atoms with Crippen molar-refractivity contribution in [3.63, 3.8) is 0 Å². The first-order chi connectivity index (χ1) is 18.4. The fourth-order valence-electron chi connectivity index (χ4n) is 5.43. The molecule has 1 aromatic heterocycles. The van der Waals surface area contributed by atoms with E-state index >= 15 is 0 Å². The number of rotatable bonds is 4. The van der Waals surface area contributed by atoms with E-state index in [-0.39, 0.29) is 33.1 Å². The monoisotopic (exact) mass is 611 g/mol. The van der Waals surface area contributed by atoms with E-state index in [0.29, 0.717) is 36.7 Å². The summed E-state index contributed by atoms with van der Waals surface area (Å²) in [5.41, 5.74) is -10.4. The molecule has 1 fully saturated rings. The topological polar surface area (TPSA) is 116 Å². The zero-order chi connectivity index (χ0) is 29.4. The Balaban J connectivity index is 1.47. The Morgan fingerprint density at radius 2 is 1.73 bits per heavy atom. The van der Waals surface area contributed by atoms with Gasteiger partial charge < -0.3 is 9.08 Å². The number of piperidine rings is 1. The first kappa shape index (κ1) is 28.2. The standard InChI is InChI=1S/C23H19F6N3O6S2/c1-12-19(38-40(36,37)23(27,28)29)7-5-13-9-17-15(20(12)13)3-2-8-31(17)21(33)14-4-6-16-18(10-14)32(11-30-16)39(34,35)22(24,25)26/h4-7,10-11,15,17H,2-3,8-9H2,1H3/t15-,17-/m0/s1. The quantitative estimate of drug-likeness (QED) is 0.247. The first-order valence-electron chi connectivity index (χ1n) is 11.7. The molecule has 2 aliphatic rings. The largest absolute Gasteiger partial charge is 0.534 e. The summed E-state index contributed by atoms with van der Waals surface area (Å²) in [6, 6.07) is 5.63. The van der Waals surface area contributed by atoms with Crippen LogP contribution in [-0.2, 0) is 26.6 Å². The van der Waals surface area contributed by atoms with Crippen molar-refractivity contribution in [1.82, 2.24) is 13.9 Å². The predicted octanol–water partition coefficient (Wildman–Crippen LogP) is 4.22. The van der Waals surface area contributed by atoms with Crippen LogP contribution in [0.25, 0.3) is 11.0 Å². The lowest BCUT2D eigenvalue weighted by atomic mass is 9.86. The first-order valence-corrected chi connectivity index (χ1v) is 14.5. The van der Waals surface area contributed by atoms with Gasteiger partial charge in [0.25, 0.3) is 5.91 Å². The highest BCUT2D eigenvalue weighted by Crippen LogP contribution is 2.46. The van der Waals surface area contributed by atoms with Gasteiger partial charge in [0.1, 0.15) is 12.1 Å². The van der Waals surface area contributed by atoms with Crippen molar-refractivity contribution in [2.75, 3.05) is 6.54 Å². The van der Waals surface area contributed by atoms with Gasteiger partial charge in [-0.15, -0.1) is 0 Å². The zero-order valence-corrected chi connectivity index (χ0v) is 22.0. The molecule has 17 heteroatoms. The lowest BCUT2D eigenvalue weighted by molar-refractivity contribution is -0.0500. The molecule has 1 aliphatic carbocycles. The van der Waals surface area contributed by atoms with E-state index in [2.05, 4.69) is 9.17 Å². The van der Waals surface area contributed by atoms with Crippen LogP contribution in [0.3, 0.4) is 0 Å². The Morgan fingerprint density at radius 1 is 1.02 bits per heavy atom. The van der Waals surface area contributed by atoms with E-state index in [4.69, 9.17) is 0 Å². The van der Waals surface area contributed by atoms with E-state index in [9.17, 15) is 48.0 Å². The number of carbonyl (C=O) groups excluding carboxylic acids is 1. The number of hydrogen-bond acceptors (Lipinski definition) is 7. The van der Waals surface area contributed by atoms with Gasteiger partial charge in [-0.1, -0.05) is 6.07 Å². The number of hydrogen-bond donors (Lipinski definition) is 0. The van der Waals surface area contributed by atoms with Crippen molar-refractivity contribution in [3.8, 4) is 5.75 Å². The number of fused-ring (bicyclic) bond motifs is 4. The number of carbonyl (C=O) groups is 1. The molecule has 9 nitrogen and oxygen atoms in total. The number of nitrogens with zero attached hydrogens (tertiary/aromatic N) is 3. The summed E-state index contributed by atoms with van der Waals surface area (Å²) in [5, 5.41) is 0. The fourth-order valence-corrected chi connectivity index (χ4v) is 6.74. The van der Waals surface area contributed by atoms with Crippen LogP contribution in [0.1, 0.15) is 45.8 Å². The normalized spacial score (nSPS) is 19.9. The van der Waals surface area contributed by atoms with Crippen LogP contribution in [0.4, 0.5) is 26.3 Å². The van der Waals surface area contributed by atoms with Crippen molar-refractivity contribution in [1.29, 1.82) is 0 Å². The highest BCUT2D eigenvalue weighted by Gasteiger charge is 2.50. The van der Waals surface area contributed by atoms with Crippen molar-refractivity contribution in [2.24, 2.45) is 0 Å². The lowest BCUT2D eigenvalue weighted by Gasteiger charge is -2.38. The molecule has 3 aromatic rings. The number of amides is 1. The van der Waals surface area contributed by atoms with Crippen LogP contribution < -0.4 is 4.18 Å². The molecule has 216 valence electrons. The van der Waals surface area contributed by atoms with Crippen LogP contribution in [0.5, 0.6) is 5.75 Å². The van der Waals surface area contributed by atoms with Gasteiger partial charge in [-0.05, 0) is 67.1 Å². The number of aromatic nitrogens is 2. The van der Waals surface area contributed by atoms with Gasteiger partial charge >= 0.3 is 31.2 Å². The molecule has 0 radical (unpaired) electrons. The second kappa shape index (κ2) is 9.09. The smallest absolute Gasteiger partial charge is 0.376 e. The maximum Gasteiger partial charge on any atom is 0.534 e. The molecule has 0 unspecified atom stereocenters. The van der Waals surface area contributed by atoms with E-state index in [1.54, 1.807) is 0 Å². The van der Waals surface area contributed by atoms with Gasteiger partial charge in [-0.2, -0.15) is 43.2 Å². The van der Waals surface area contributed by atoms with Crippen LogP contribution in [0.2, 0.25) is 0 Å². The third-order valence-electron chi connectivity index (χ3n) is 7.19. The summed E-state index contributed by atoms with van der Waals surface area (Å²) < 4.78 is 129. The maximum atomic E-state index is 13.6. The number of likely N-dealkylation sites (tertiary alicyclic amines) is 1. The van der Waals surface area contributed by atoms with E-state index in [0.717, 1.165) is 12.1 Å². The molecular weight excluding hydrogens is 592 g/mol. The Kier molecular flexibility index (Phi) is 6.41. The molecular formula is C23H19F6N3O6S2. The van der Waals surface area contributed by atoms with Gasteiger partial charge in [0.2, 0.25) is 0 Å². The van der Waals surface area contributed by atoms with E-state index in [1.807, 2.05) is 0 Å². The molecule has 2 atom stereocenters. The molecule has 2 heterocycles. The molecule has 1 saturated heterocycles. The Labute approximate surface area is 223 Å². The predicted molar refractivity (Wildman–Crippen MR) is 127 cm³/mol. The molecule has 1 aliphatic heterocycles. The molecule has 0 bridgehead atoms. The van der Waals surface area contributed by atoms with Crippen LogP contribution in [-0.4, -0.2) is 60.2 Å². The summed E-state index contributed by atoms with van der Waals surface area (Å²) in [7, 11) is -11.7. The summed E-state index contributed by atoms with van der Waals surface area (Å²) in [6.07, 6.45) is 1.81. The molecule has 0 spiro atoms. The molecule has 0 N–H and O–H groups in total. The van der Waals surface area contributed by atoms with Gasteiger partial charge in [-0.3, -0.25) is 4.79 Å². The highest BCUT2D eigenvalue weighted by atomic mass is 32.2. The molecule has 2 aromatic carbocycles. The minimum Gasteiger partial charge on any atom is -0.376 e.